The van der Waals surface area contributed by atoms with Gasteiger partial charge in [0.2, 0.25) is 0 Å². The molecule has 0 atom stereocenters. The number of fused-ring (bicyclic) bond motifs is 1. The van der Waals surface area contributed by atoms with Gasteiger partial charge in [-0.2, -0.15) is 0 Å². The van der Waals surface area contributed by atoms with E-state index in [9.17, 15) is 0 Å². The van der Waals surface area contributed by atoms with Crippen molar-refractivity contribution >= 4 is 11.0 Å². The topological polar surface area (TPSA) is 37.8 Å². The molecule has 0 saturated heterocycles. The van der Waals surface area contributed by atoms with E-state index in [1.165, 1.54) is 0 Å². The molecule has 0 saturated carbocycles. The van der Waals surface area contributed by atoms with Crippen LogP contribution < -0.4 is 5.32 Å². The highest BCUT2D eigenvalue weighted by Gasteiger charge is 1.96. The fourth-order valence-corrected chi connectivity index (χ4v) is 1.27. The number of pyridine rings is 2. The first kappa shape index (κ1) is 8.13. The van der Waals surface area contributed by atoms with Crippen molar-refractivity contribution in [3.63, 3.8) is 0 Å². The molecular formula is C10H11N3. The lowest BCUT2D eigenvalue weighted by molar-refractivity contribution is 0.794. The van der Waals surface area contributed by atoms with E-state index in [1.54, 1.807) is 6.20 Å². The second-order valence-corrected chi connectivity index (χ2v) is 2.88. The Hall–Kier alpha value is -1.48. The second-order valence-electron chi connectivity index (χ2n) is 2.88. The zero-order valence-electron chi connectivity index (χ0n) is 7.49. The van der Waals surface area contributed by atoms with Crippen LogP contribution in [0.2, 0.25) is 0 Å². The van der Waals surface area contributed by atoms with Crippen LogP contribution in [0.15, 0.2) is 30.5 Å². The molecule has 0 bridgehead atoms. The number of nitrogens with zero attached hydrogens (tertiary/aromatic N) is 2. The number of aromatic nitrogens is 2. The molecule has 0 amide bonds. The molecule has 66 valence electrons. The van der Waals surface area contributed by atoms with Crippen LogP contribution >= 0.6 is 0 Å². The van der Waals surface area contributed by atoms with Crippen LogP contribution in [0.1, 0.15) is 5.69 Å². The maximum absolute atomic E-state index is 4.39. The van der Waals surface area contributed by atoms with Gasteiger partial charge < -0.3 is 5.32 Å². The lowest BCUT2D eigenvalue weighted by atomic mass is 10.2. The second kappa shape index (κ2) is 3.49. The Morgan fingerprint density at radius 3 is 3.08 bits per heavy atom. The van der Waals surface area contributed by atoms with E-state index in [1.807, 2.05) is 31.3 Å². The molecule has 2 rings (SSSR count). The average molecular weight is 173 g/mol. The summed E-state index contributed by atoms with van der Waals surface area (Å²) in [7, 11) is 1.91. The zero-order chi connectivity index (χ0) is 9.10. The van der Waals surface area contributed by atoms with Gasteiger partial charge in [0.05, 0.1) is 5.69 Å². The van der Waals surface area contributed by atoms with Crippen LogP contribution in [0.25, 0.3) is 11.0 Å². The zero-order valence-corrected chi connectivity index (χ0v) is 7.49. The highest BCUT2D eigenvalue weighted by atomic mass is 14.9. The molecule has 0 aliphatic heterocycles. The Morgan fingerprint density at radius 2 is 2.23 bits per heavy atom. The van der Waals surface area contributed by atoms with Gasteiger partial charge in [-0.15, -0.1) is 0 Å². The summed E-state index contributed by atoms with van der Waals surface area (Å²) in [5.41, 5.74) is 1.84. The molecule has 0 radical (unpaired) electrons. The Bertz CT molecular complexity index is 412. The van der Waals surface area contributed by atoms with Crippen LogP contribution in [0, 0.1) is 0 Å². The third kappa shape index (κ3) is 1.65. The van der Waals surface area contributed by atoms with Gasteiger partial charge in [0.1, 0.15) is 0 Å². The first-order valence-corrected chi connectivity index (χ1v) is 4.25. The van der Waals surface area contributed by atoms with Gasteiger partial charge in [-0.3, -0.25) is 0 Å². The van der Waals surface area contributed by atoms with Crippen molar-refractivity contribution in [2.45, 2.75) is 6.54 Å². The molecule has 3 heteroatoms. The van der Waals surface area contributed by atoms with E-state index in [0.717, 1.165) is 23.3 Å². The molecule has 2 heterocycles. The summed E-state index contributed by atoms with van der Waals surface area (Å²) in [6, 6.07) is 7.99. The van der Waals surface area contributed by atoms with Crippen molar-refractivity contribution in [1.82, 2.24) is 15.3 Å². The smallest absolute Gasteiger partial charge is 0.159 e. The Morgan fingerprint density at radius 1 is 1.31 bits per heavy atom. The van der Waals surface area contributed by atoms with Crippen molar-refractivity contribution in [2.75, 3.05) is 7.05 Å². The Labute approximate surface area is 76.8 Å². The third-order valence-electron chi connectivity index (χ3n) is 1.88. The fourth-order valence-electron chi connectivity index (χ4n) is 1.27. The predicted octanol–water partition coefficient (Wildman–Crippen LogP) is 1.35. The van der Waals surface area contributed by atoms with Gasteiger partial charge in [-0.05, 0) is 31.3 Å². The minimum Gasteiger partial charge on any atom is -0.314 e. The summed E-state index contributed by atoms with van der Waals surface area (Å²) in [5.74, 6) is 0. The molecule has 2 aromatic rings. The fraction of sp³-hybridized carbons (Fsp3) is 0.200. The van der Waals surface area contributed by atoms with Crippen LogP contribution in [0.5, 0.6) is 0 Å². The summed E-state index contributed by atoms with van der Waals surface area (Å²) in [6.45, 7) is 0.784. The molecule has 0 aliphatic rings. The molecule has 0 unspecified atom stereocenters. The van der Waals surface area contributed by atoms with E-state index in [0.29, 0.717) is 0 Å². The maximum atomic E-state index is 4.39. The number of hydrogen-bond donors (Lipinski definition) is 1. The molecule has 0 aromatic carbocycles. The highest BCUT2D eigenvalue weighted by molar-refractivity contribution is 5.74. The molecule has 13 heavy (non-hydrogen) atoms. The van der Waals surface area contributed by atoms with Crippen molar-refractivity contribution in [1.29, 1.82) is 0 Å². The van der Waals surface area contributed by atoms with Gasteiger partial charge in [0.25, 0.3) is 0 Å². The number of rotatable bonds is 2. The van der Waals surface area contributed by atoms with Gasteiger partial charge >= 0.3 is 0 Å². The summed E-state index contributed by atoms with van der Waals surface area (Å²) >= 11 is 0. The number of hydrogen-bond acceptors (Lipinski definition) is 3. The van der Waals surface area contributed by atoms with E-state index < -0.39 is 0 Å². The maximum Gasteiger partial charge on any atom is 0.159 e. The van der Waals surface area contributed by atoms with Crippen molar-refractivity contribution < 1.29 is 0 Å². The molecule has 2 aromatic heterocycles. The lowest BCUT2D eigenvalue weighted by Gasteiger charge is -2.00. The molecule has 0 fully saturated rings. The van der Waals surface area contributed by atoms with Crippen LogP contribution in [-0.2, 0) is 6.54 Å². The van der Waals surface area contributed by atoms with Crippen molar-refractivity contribution in [3.8, 4) is 0 Å². The van der Waals surface area contributed by atoms with Gasteiger partial charge in [0.15, 0.2) is 5.65 Å². The van der Waals surface area contributed by atoms with Crippen molar-refractivity contribution in [2.24, 2.45) is 0 Å². The highest BCUT2D eigenvalue weighted by Crippen LogP contribution is 2.08. The summed E-state index contributed by atoms with van der Waals surface area (Å²) in [4.78, 5) is 8.58. The first-order chi connectivity index (χ1) is 6.40. The van der Waals surface area contributed by atoms with Gasteiger partial charge in [0, 0.05) is 18.1 Å². The van der Waals surface area contributed by atoms with Gasteiger partial charge in [-0.25, -0.2) is 9.97 Å². The van der Waals surface area contributed by atoms with E-state index >= 15 is 0 Å². The molecule has 0 aliphatic carbocycles. The lowest BCUT2D eigenvalue weighted by Crippen LogP contribution is -2.06. The van der Waals surface area contributed by atoms with Crippen LogP contribution in [0.4, 0.5) is 0 Å². The minimum atomic E-state index is 0.784. The first-order valence-electron chi connectivity index (χ1n) is 4.25. The van der Waals surface area contributed by atoms with E-state index in [4.69, 9.17) is 0 Å². The summed E-state index contributed by atoms with van der Waals surface area (Å²) < 4.78 is 0. The summed E-state index contributed by atoms with van der Waals surface area (Å²) in [5, 5.41) is 4.14. The largest absolute Gasteiger partial charge is 0.314 e. The third-order valence-corrected chi connectivity index (χ3v) is 1.88. The standard InChI is InChI=1S/C10H11N3/c1-11-7-9-5-4-8-3-2-6-12-10(8)13-9/h2-6,11H,7H2,1H3. The predicted molar refractivity (Wildman–Crippen MR) is 52.3 cm³/mol. The summed E-state index contributed by atoms with van der Waals surface area (Å²) in [6.07, 6.45) is 1.76. The Balaban J connectivity index is 2.49. The SMILES string of the molecule is CNCc1ccc2cccnc2n1. The molecule has 0 spiro atoms. The van der Waals surface area contributed by atoms with Crippen LogP contribution in [-0.4, -0.2) is 17.0 Å². The van der Waals surface area contributed by atoms with Crippen LogP contribution in [0.3, 0.4) is 0 Å². The van der Waals surface area contributed by atoms with E-state index in [2.05, 4.69) is 15.3 Å². The van der Waals surface area contributed by atoms with Gasteiger partial charge in [-0.1, -0.05) is 0 Å². The monoisotopic (exact) mass is 173 g/mol. The number of nitrogens with one attached hydrogen (secondary N) is 1. The van der Waals surface area contributed by atoms with E-state index in [-0.39, 0.29) is 0 Å². The normalized spacial score (nSPS) is 10.5. The Kier molecular flexibility index (Phi) is 2.19. The molecule has 3 nitrogen and oxygen atoms in total. The molecule has 1 N–H and O–H groups in total. The quantitative estimate of drug-likeness (QED) is 0.745. The van der Waals surface area contributed by atoms with Crippen molar-refractivity contribution in [3.05, 3.63) is 36.2 Å². The minimum absolute atomic E-state index is 0.784. The average Bonchev–Trinajstić information content (AvgIpc) is 2.18. The molecular weight excluding hydrogens is 162 g/mol.